The predicted molar refractivity (Wildman–Crippen MR) is 82.6 cm³/mol. The van der Waals surface area contributed by atoms with Gasteiger partial charge >= 0.3 is 0 Å². The minimum Gasteiger partial charge on any atom is -0.381 e. The number of benzene rings is 1. The van der Waals surface area contributed by atoms with Crippen LogP contribution in [-0.2, 0) is 21.2 Å². The van der Waals surface area contributed by atoms with E-state index in [4.69, 9.17) is 10.5 Å². The third kappa shape index (κ3) is 3.45. The third-order valence-corrected chi connectivity index (χ3v) is 6.12. The van der Waals surface area contributed by atoms with Crippen molar-refractivity contribution in [2.24, 2.45) is 5.73 Å². The Labute approximate surface area is 127 Å². The average molecular weight is 312 g/mol. The van der Waals surface area contributed by atoms with E-state index in [0.29, 0.717) is 30.8 Å². The normalized spacial score (nSPS) is 24.1. The molecular weight excluding hydrogens is 288 g/mol. The zero-order valence-corrected chi connectivity index (χ0v) is 13.5. The van der Waals surface area contributed by atoms with E-state index in [-0.39, 0.29) is 12.1 Å². The minimum absolute atomic E-state index is 0.0902. The lowest BCUT2D eigenvalue weighted by molar-refractivity contribution is 0.0401. The maximum absolute atomic E-state index is 12.8. The summed E-state index contributed by atoms with van der Waals surface area (Å²) in [6.07, 6.45) is 2.34. The smallest absolute Gasteiger partial charge is 0.243 e. The number of rotatable bonds is 5. The first-order valence-corrected chi connectivity index (χ1v) is 8.80. The van der Waals surface area contributed by atoms with Crippen molar-refractivity contribution in [3.05, 3.63) is 29.8 Å². The second-order valence-electron chi connectivity index (χ2n) is 5.38. The molecule has 1 aromatic carbocycles. The molecule has 0 amide bonds. The summed E-state index contributed by atoms with van der Waals surface area (Å²) in [5.41, 5.74) is 6.90. The average Bonchev–Trinajstić information content (AvgIpc) is 2.54. The summed E-state index contributed by atoms with van der Waals surface area (Å²) in [5.74, 6) is 0. The molecule has 1 aromatic rings. The van der Waals surface area contributed by atoms with Crippen molar-refractivity contribution in [2.45, 2.75) is 43.2 Å². The number of piperidine rings is 1. The summed E-state index contributed by atoms with van der Waals surface area (Å²) >= 11 is 0. The predicted octanol–water partition coefficient (Wildman–Crippen LogP) is 1.38. The van der Waals surface area contributed by atoms with Crippen LogP contribution in [0.3, 0.4) is 0 Å². The van der Waals surface area contributed by atoms with Gasteiger partial charge in [-0.2, -0.15) is 4.31 Å². The van der Waals surface area contributed by atoms with Crippen LogP contribution in [0.4, 0.5) is 0 Å². The Kier molecular flexibility index (Phi) is 5.37. The standard InChI is InChI=1S/C15H24N2O3S/c1-3-12-4-6-15(7-5-12)21(18,19)17-9-8-14(20-2)10-13(17)11-16/h4-7,13-14H,3,8-11,16H2,1-2H3. The fourth-order valence-electron chi connectivity index (χ4n) is 2.77. The van der Waals surface area contributed by atoms with E-state index in [2.05, 4.69) is 0 Å². The molecule has 1 aliphatic heterocycles. The first-order valence-electron chi connectivity index (χ1n) is 7.36. The molecule has 0 saturated carbocycles. The second kappa shape index (κ2) is 6.87. The van der Waals surface area contributed by atoms with Gasteiger partial charge in [0, 0.05) is 26.2 Å². The molecule has 0 bridgehead atoms. The van der Waals surface area contributed by atoms with Gasteiger partial charge < -0.3 is 10.5 Å². The molecule has 5 nitrogen and oxygen atoms in total. The van der Waals surface area contributed by atoms with E-state index in [9.17, 15) is 8.42 Å². The van der Waals surface area contributed by atoms with Gasteiger partial charge in [0.1, 0.15) is 0 Å². The summed E-state index contributed by atoms with van der Waals surface area (Å²) in [4.78, 5) is 0.342. The number of nitrogens with two attached hydrogens (primary N) is 1. The maximum atomic E-state index is 12.8. The monoisotopic (exact) mass is 312 g/mol. The zero-order valence-electron chi connectivity index (χ0n) is 12.7. The van der Waals surface area contributed by atoms with Crippen molar-refractivity contribution in [1.82, 2.24) is 4.31 Å². The number of hydrogen-bond acceptors (Lipinski definition) is 4. The summed E-state index contributed by atoms with van der Waals surface area (Å²) in [6.45, 7) is 2.81. The third-order valence-electron chi connectivity index (χ3n) is 4.16. The van der Waals surface area contributed by atoms with Crippen molar-refractivity contribution in [1.29, 1.82) is 0 Å². The van der Waals surface area contributed by atoms with Gasteiger partial charge in [-0.05, 0) is 37.0 Å². The lowest BCUT2D eigenvalue weighted by Crippen LogP contribution is -2.51. The number of methoxy groups -OCH3 is 1. The molecule has 2 atom stereocenters. The van der Waals surface area contributed by atoms with Crippen LogP contribution < -0.4 is 5.73 Å². The van der Waals surface area contributed by atoms with Crippen LogP contribution in [0, 0.1) is 0 Å². The fourth-order valence-corrected chi connectivity index (χ4v) is 4.43. The molecule has 0 aromatic heterocycles. The Bertz CT molecular complexity index is 557. The zero-order chi connectivity index (χ0) is 15.5. The van der Waals surface area contributed by atoms with Crippen LogP contribution in [0.5, 0.6) is 0 Å². The summed E-state index contributed by atoms with van der Waals surface area (Å²) < 4.78 is 32.4. The summed E-state index contributed by atoms with van der Waals surface area (Å²) in [7, 11) is -1.82. The molecule has 0 spiro atoms. The lowest BCUT2D eigenvalue weighted by atomic mass is 10.0. The van der Waals surface area contributed by atoms with Gasteiger partial charge in [-0.25, -0.2) is 8.42 Å². The van der Waals surface area contributed by atoms with Crippen molar-refractivity contribution >= 4 is 10.0 Å². The van der Waals surface area contributed by atoms with Crippen LogP contribution in [-0.4, -0.2) is 45.1 Å². The molecular formula is C15H24N2O3S. The van der Waals surface area contributed by atoms with Gasteiger partial charge in [0.25, 0.3) is 0 Å². The van der Waals surface area contributed by atoms with Crippen molar-refractivity contribution in [2.75, 3.05) is 20.2 Å². The van der Waals surface area contributed by atoms with Crippen molar-refractivity contribution in [3.63, 3.8) is 0 Å². The highest BCUT2D eigenvalue weighted by Gasteiger charge is 2.36. The van der Waals surface area contributed by atoms with Gasteiger partial charge in [-0.3, -0.25) is 0 Å². The fraction of sp³-hybridized carbons (Fsp3) is 0.600. The van der Waals surface area contributed by atoms with Crippen LogP contribution in [0.2, 0.25) is 0 Å². The van der Waals surface area contributed by atoms with Gasteiger partial charge in [-0.15, -0.1) is 0 Å². The van der Waals surface area contributed by atoms with Gasteiger partial charge in [-0.1, -0.05) is 19.1 Å². The number of ether oxygens (including phenoxy) is 1. The Hall–Kier alpha value is -0.950. The molecule has 2 unspecified atom stereocenters. The largest absolute Gasteiger partial charge is 0.381 e. The number of nitrogens with zero attached hydrogens (tertiary/aromatic N) is 1. The van der Waals surface area contributed by atoms with Crippen LogP contribution >= 0.6 is 0 Å². The number of aryl methyl sites for hydroxylation is 1. The highest BCUT2D eigenvalue weighted by atomic mass is 32.2. The van der Waals surface area contributed by atoms with Crippen LogP contribution in [0.25, 0.3) is 0 Å². The first-order chi connectivity index (χ1) is 10.0. The van der Waals surface area contributed by atoms with E-state index in [0.717, 1.165) is 12.0 Å². The van der Waals surface area contributed by atoms with Gasteiger partial charge in [0.05, 0.1) is 11.0 Å². The SMILES string of the molecule is CCc1ccc(S(=O)(=O)N2CCC(OC)CC2CN)cc1. The Morgan fingerprint density at radius 1 is 1.33 bits per heavy atom. The molecule has 1 fully saturated rings. The molecule has 1 saturated heterocycles. The quantitative estimate of drug-likeness (QED) is 0.891. The lowest BCUT2D eigenvalue weighted by Gasteiger charge is -2.37. The highest BCUT2D eigenvalue weighted by molar-refractivity contribution is 7.89. The van der Waals surface area contributed by atoms with E-state index >= 15 is 0 Å². The molecule has 0 radical (unpaired) electrons. The Morgan fingerprint density at radius 2 is 2.00 bits per heavy atom. The molecule has 2 N–H and O–H groups in total. The van der Waals surface area contributed by atoms with Crippen LogP contribution in [0.1, 0.15) is 25.3 Å². The number of hydrogen-bond donors (Lipinski definition) is 1. The molecule has 1 heterocycles. The summed E-state index contributed by atoms with van der Waals surface area (Å²) in [5, 5.41) is 0. The molecule has 21 heavy (non-hydrogen) atoms. The van der Waals surface area contributed by atoms with E-state index in [1.54, 1.807) is 19.2 Å². The Balaban J connectivity index is 2.25. The van der Waals surface area contributed by atoms with Gasteiger partial charge in [0.15, 0.2) is 0 Å². The molecule has 6 heteroatoms. The van der Waals surface area contributed by atoms with E-state index in [1.807, 2.05) is 19.1 Å². The molecule has 0 aliphatic carbocycles. The molecule has 118 valence electrons. The maximum Gasteiger partial charge on any atom is 0.243 e. The van der Waals surface area contributed by atoms with Crippen molar-refractivity contribution in [3.8, 4) is 0 Å². The Morgan fingerprint density at radius 3 is 2.52 bits per heavy atom. The highest BCUT2D eigenvalue weighted by Crippen LogP contribution is 2.26. The topological polar surface area (TPSA) is 72.6 Å². The molecule has 1 aliphatic rings. The second-order valence-corrected chi connectivity index (χ2v) is 7.28. The summed E-state index contributed by atoms with van der Waals surface area (Å²) in [6, 6.07) is 6.91. The number of sulfonamides is 1. The van der Waals surface area contributed by atoms with E-state index in [1.165, 1.54) is 4.31 Å². The van der Waals surface area contributed by atoms with Crippen LogP contribution in [0.15, 0.2) is 29.2 Å². The minimum atomic E-state index is -3.48. The van der Waals surface area contributed by atoms with Crippen molar-refractivity contribution < 1.29 is 13.2 Å². The molecule has 2 rings (SSSR count). The first kappa shape index (κ1) is 16.4. The van der Waals surface area contributed by atoms with Gasteiger partial charge in [0.2, 0.25) is 10.0 Å². The van der Waals surface area contributed by atoms with E-state index < -0.39 is 10.0 Å².